The first-order valence-corrected chi connectivity index (χ1v) is 6.66. The first-order valence-electron chi connectivity index (χ1n) is 6.66. The number of nitrogens with two attached hydrogens (primary N) is 1. The van der Waals surface area contributed by atoms with Crippen LogP contribution >= 0.6 is 0 Å². The van der Waals surface area contributed by atoms with E-state index in [4.69, 9.17) is 5.73 Å². The lowest BCUT2D eigenvalue weighted by molar-refractivity contribution is -0.120. The molecule has 4 nitrogen and oxygen atoms in total. The van der Waals surface area contributed by atoms with Crippen molar-refractivity contribution in [3.05, 3.63) is 24.3 Å². The lowest BCUT2D eigenvalue weighted by atomic mass is 9.95. The molecule has 0 saturated heterocycles. The molecule has 0 aliphatic heterocycles. The average Bonchev–Trinajstić information content (AvgIpc) is 2.86. The highest BCUT2D eigenvalue weighted by Crippen LogP contribution is 2.32. The summed E-state index contributed by atoms with van der Waals surface area (Å²) < 4.78 is 28.6. The number of rotatable bonds is 5. The molecule has 1 aromatic carbocycles. The molecule has 110 valence electrons. The van der Waals surface area contributed by atoms with Gasteiger partial charge in [0.15, 0.2) is 0 Å². The quantitative estimate of drug-likeness (QED) is 0.873. The van der Waals surface area contributed by atoms with Gasteiger partial charge in [-0.3, -0.25) is 4.79 Å². The largest absolute Gasteiger partial charge is 0.435 e. The number of hydrogen-bond acceptors (Lipinski definition) is 3. The van der Waals surface area contributed by atoms with Crippen LogP contribution in [0.2, 0.25) is 0 Å². The zero-order valence-corrected chi connectivity index (χ0v) is 11.0. The summed E-state index contributed by atoms with van der Waals surface area (Å²) in [5, 5.41) is 2.74. The highest BCUT2D eigenvalue weighted by molar-refractivity contribution is 5.93. The number of halogens is 2. The van der Waals surface area contributed by atoms with Crippen LogP contribution in [0.3, 0.4) is 0 Å². The fourth-order valence-corrected chi connectivity index (χ4v) is 2.65. The summed E-state index contributed by atoms with van der Waals surface area (Å²) >= 11 is 0. The fraction of sp³-hybridized carbons (Fsp3) is 0.500. The van der Waals surface area contributed by atoms with Crippen LogP contribution in [-0.4, -0.2) is 19.1 Å². The molecule has 0 radical (unpaired) electrons. The molecule has 6 heteroatoms. The van der Waals surface area contributed by atoms with Gasteiger partial charge in [0.25, 0.3) is 0 Å². The number of anilines is 1. The molecule has 2 rings (SSSR count). The van der Waals surface area contributed by atoms with E-state index in [9.17, 15) is 13.6 Å². The zero-order chi connectivity index (χ0) is 14.5. The van der Waals surface area contributed by atoms with Gasteiger partial charge in [0.1, 0.15) is 5.75 Å². The number of nitrogens with one attached hydrogen (secondary N) is 1. The smallest absolute Gasteiger partial charge is 0.387 e. The van der Waals surface area contributed by atoms with E-state index in [0.29, 0.717) is 12.2 Å². The number of ether oxygens (including phenoxy) is 1. The van der Waals surface area contributed by atoms with E-state index in [1.54, 1.807) is 12.1 Å². The van der Waals surface area contributed by atoms with Crippen LogP contribution in [-0.2, 0) is 4.79 Å². The second-order valence-corrected chi connectivity index (χ2v) is 4.93. The minimum absolute atomic E-state index is 0.0274. The van der Waals surface area contributed by atoms with Gasteiger partial charge in [-0.05, 0) is 37.4 Å². The summed E-state index contributed by atoms with van der Waals surface area (Å²) in [6.07, 6.45) is 2.78. The highest BCUT2D eigenvalue weighted by Gasteiger charge is 2.31. The van der Waals surface area contributed by atoms with Crippen molar-refractivity contribution in [2.75, 3.05) is 11.9 Å². The predicted molar refractivity (Wildman–Crippen MR) is 71.6 cm³/mol. The maximum atomic E-state index is 12.2. The number of carbonyl (C=O) groups excluding carboxylic acids is 1. The van der Waals surface area contributed by atoms with Gasteiger partial charge < -0.3 is 15.8 Å². The summed E-state index contributed by atoms with van der Waals surface area (Å²) in [5.74, 6) is 0.0295. The normalized spacial score (nSPS) is 22.0. The molecule has 0 spiro atoms. The van der Waals surface area contributed by atoms with Gasteiger partial charge >= 0.3 is 6.61 Å². The van der Waals surface area contributed by atoms with Gasteiger partial charge in [-0.1, -0.05) is 12.5 Å². The van der Waals surface area contributed by atoms with Crippen molar-refractivity contribution >= 4 is 11.6 Å². The molecule has 0 unspecified atom stereocenters. The summed E-state index contributed by atoms with van der Waals surface area (Å²) in [6.45, 7) is -2.38. The third-order valence-corrected chi connectivity index (χ3v) is 3.63. The first kappa shape index (κ1) is 14.7. The van der Waals surface area contributed by atoms with E-state index >= 15 is 0 Å². The third kappa shape index (κ3) is 3.66. The minimum atomic E-state index is -2.88. The molecule has 20 heavy (non-hydrogen) atoms. The Balaban J connectivity index is 2.00. The van der Waals surface area contributed by atoms with E-state index in [0.717, 1.165) is 19.3 Å². The number of carbonyl (C=O) groups is 1. The van der Waals surface area contributed by atoms with Gasteiger partial charge in [-0.25, -0.2) is 0 Å². The van der Waals surface area contributed by atoms with E-state index in [-0.39, 0.29) is 23.5 Å². The molecule has 2 atom stereocenters. The predicted octanol–water partition coefficient (Wildman–Crippen LogP) is 2.60. The number of alkyl halides is 2. The maximum absolute atomic E-state index is 12.2. The van der Waals surface area contributed by atoms with E-state index < -0.39 is 6.61 Å². The molecule has 0 heterocycles. The SMILES string of the molecule is NC[C@H]1CCC[C@H]1C(=O)Nc1cccc(OC(F)F)c1. The fourth-order valence-electron chi connectivity index (χ4n) is 2.65. The van der Waals surface area contributed by atoms with Crippen molar-refractivity contribution in [2.24, 2.45) is 17.6 Å². The molecule has 1 saturated carbocycles. The summed E-state index contributed by atoms with van der Waals surface area (Å²) in [4.78, 5) is 12.2. The molecule has 1 fully saturated rings. The van der Waals surface area contributed by atoms with Crippen LogP contribution in [0.4, 0.5) is 14.5 Å². The van der Waals surface area contributed by atoms with Gasteiger partial charge in [-0.15, -0.1) is 0 Å². The van der Waals surface area contributed by atoms with Crippen molar-refractivity contribution in [3.63, 3.8) is 0 Å². The molecule has 3 N–H and O–H groups in total. The Morgan fingerprint density at radius 1 is 1.45 bits per heavy atom. The Labute approximate surface area is 116 Å². The Kier molecular flexibility index (Phi) is 4.89. The summed E-state index contributed by atoms with van der Waals surface area (Å²) in [6, 6.07) is 6.00. The van der Waals surface area contributed by atoms with Crippen LogP contribution in [0, 0.1) is 11.8 Å². The second-order valence-electron chi connectivity index (χ2n) is 4.93. The van der Waals surface area contributed by atoms with Crippen LogP contribution in [0.5, 0.6) is 5.75 Å². The standard InChI is InChI=1S/C14H18F2N2O2/c15-14(16)20-11-5-2-4-10(7-11)18-13(19)12-6-1-3-9(12)8-17/h2,4-5,7,9,12,14H,1,3,6,8,17H2,(H,18,19)/t9-,12-/m1/s1. The monoisotopic (exact) mass is 284 g/mol. The Morgan fingerprint density at radius 3 is 2.95 bits per heavy atom. The molecule has 1 aromatic rings. The van der Waals surface area contributed by atoms with Gasteiger partial charge in [0, 0.05) is 17.7 Å². The minimum Gasteiger partial charge on any atom is -0.435 e. The van der Waals surface area contributed by atoms with Crippen molar-refractivity contribution in [3.8, 4) is 5.75 Å². The summed E-state index contributed by atoms with van der Waals surface area (Å²) in [7, 11) is 0. The number of amides is 1. The van der Waals surface area contributed by atoms with E-state index in [1.807, 2.05) is 0 Å². The molecular weight excluding hydrogens is 266 g/mol. The Hall–Kier alpha value is -1.69. The van der Waals surface area contributed by atoms with Crippen LogP contribution in [0.15, 0.2) is 24.3 Å². The van der Waals surface area contributed by atoms with Crippen molar-refractivity contribution in [2.45, 2.75) is 25.9 Å². The first-order chi connectivity index (χ1) is 9.60. The average molecular weight is 284 g/mol. The summed E-state index contributed by atoms with van der Waals surface area (Å²) in [5.41, 5.74) is 6.11. The van der Waals surface area contributed by atoms with Crippen molar-refractivity contribution in [1.82, 2.24) is 0 Å². The molecule has 1 aliphatic rings. The lowest BCUT2D eigenvalue weighted by Crippen LogP contribution is -2.29. The van der Waals surface area contributed by atoms with E-state index in [2.05, 4.69) is 10.1 Å². The van der Waals surface area contributed by atoms with Crippen molar-refractivity contribution in [1.29, 1.82) is 0 Å². The second kappa shape index (κ2) is 6.65. The molecule has 1 aliphatic carbocycles. The Bertz CT molecular complexity index is 468. The van der Waals surface area contributed by atoms with E-state index in [1.165, 1.54) is 12.1 Å². The molecule has 0 bridgehead atoms. The molecule has 1 amide bonds. The third-order valence-electron chi connectivity index (χ3n) is 3.63. The molecule has 0 aromatic heterocycles. The van der Waals surface area contributed by atoms with Crippen LogP contribution < -0.4 is 15.8 Å². The Morgan fingerprint density at radius 2 is 2.25 bits per heavy atom. The van der Waals surface area contributed by atoms with Gasteiger partial charge in [-0.2, -0.15) is 8.78 Å². The lowest BCUT2D eigenvalue weighted by Gasteiger charge is -2.17. The topological polar surface area (TPSA) is 64.4 Å². The van der Waals surface area contributed by atoms with Crippen molar-refractivity contribution < 1.29 is 18.3 Å². The molecular formula is C14H18F2N2O2. The van der Waals surface area contributed by atoms with Crippen LogP contribution in [0.1, 0.15) is 19.3 Å². The van der Waals surface area contributed by atoms with Gasteiger partial charge in [0.2, 0.25) is 5.91 Å². The number of benzene rings is 1. The van der Waals surface area contributed by atoms with Gasteiger partial charge in [0.05, 0.1) is 0 Å². The van der Waals surface area contributed by atoms with Crippen LogP contribution in [0.25, 0.3) is 0 Å². The highest BCUT2D eigenvalue weighted by atomic mass is 19.3. The zero-order valence-electron chi connectivity index (χ0n) is 11.0. The maximum Gasteiger partial charge on any atom is 0.387 e. The number of hydrogen-bond donors (Lipinski definition) is 2.